The average molecular weight is 273 g/mol. The molecule has 0 aliphatic rings. The smallest absolute Gasteiger partial charge is 0.108 e. The van der Waals surface area contributed by atoms with E-state index in [0.29, 0.717) is 4.83 Å². The summed E-state index contributed by atoms with van der Waals surface area (Å²) in [5, 5.41) is 0. The summed E-state index contributed by atoms with van der Waals surface area (Å²) < 4.78 is 2.10. The molecule has 0 saturated heterocycles. The molecule has 1 atom stereocenters. The highest BCUT2D eigenvalue weighted by Crippen LogP contribution is 2.18. The lowest BCUT2D eigenvalue weighted by molar-refractivity contribution is 0.540. The Labute approximate surface area is 101 Å². The van der Waals surface area contributed by atoms with Crippen LogP contribution in [0.15, 0.2) is 12.4 Å². The first-order valence-electron chi connectivity index (χ1n) is 5.70. The first-order chi connectivity index (χ1) is 7.09. The van der Waals surface area contributed by atoms with Crippen molar-refractivity contribution in [3.05, 3.63) is 18.2 Å². The average Bonchev–Trinajstić information content (AvgIpc) is 2.50. The van der Waals surface area contributed by atoms with E-state index >= 15 is 0 Å². The second kappa shape index (κ2) is 6.31. The lowest BCUT2D eigenvalue weighted by Crippen LogP contribution is -2.04. The number of rotatable bonds is 6. The van der Waals surface area contributed by atoms with E-state index in [2.05, 4.69) is 46.4 Å². The zero-order valence-corrected chi connectivity index (χ0v) is 11.5. The van der Waals surface area contributed by atoms with Gasteiger partial charge < -0.3 is 4.57 Å². The molecule has 1 aromatic heterocycles. The Bertz CT molecular complexity index is 281. The minimum absolute atomic E-state index is 0.665. The van der Waals surface area contributed by atoms with Crippen LogP contribution in [0.1, 0.15) is 38.9 Å². The molecule has 86 valence electrons. The topological polar surface area (TPSA) is 17.8 Å². The lowest BCUT2D eigenvalue weighted by Gasteiger charge is -2.11. The van der Waals surface area contributed by atoms with E-state index in [4.69, 9.17) is 0 Å². The molecule has 0 aromatic carbocycles. The summed E-state index contributed by atoms with van der Waals surface area (Å²) in [6.45, 7) is 4.54. The fourth-order valence-corrected chi connectivity index (χ4v) is 2.82. The highest BCUT2D eigenvalue weighted by atomic mass is 79.9. The largest absolute Gasteiger partial charge is 0.338 e. The van der Waals surface area contributed by atoms with Gasteiger partial charge in [0, 0.05) is 30.7 Å². The Morgan fingerprint density at radius 1 is 1.47 bits per heavy atom. The van der Waals surface area contributed by atoms with Gasteiger partial charge in [0.15, 0.2) is 0 Å². The van der Waals surface area contributed by atoms with Crippen LogP contribution >= 0.6 is 15.9 Å². The van der Waals surface area contributed by atoms with Crippen molar-refractivity contribution in [2.24, 2.45) is 13.0 Å². The third kappa shape index (κ3) is 4.83. The molecule has 0 amide bonds. The Balaban J connectivity index is 2.19. The Hall–Kier alpha value is -0.310. The van der Waals surface area contributed by atoms with Gasteiger partial charge in [-0.2, -0.15) is 0 Å². The number of alkyl halides is 1. The zero-order valence-electron chi connectivity index (χ0n) is 9.91. The molecule has 15 heavy (non-hydrogen) atoms. The normalized spacial score (nSPS) is 13.4. The molecule has 0 N–H and O–H groups in total. The predicted octanol–water partition coefficient (Wildman–Crippen LogP) is 3.55. The van der Waals surface area contributed by atoms with E-state index in [1.54, 1.807) is 0 Å². The van der Waals surface area contributed by atoms with Crippen molar-refractivity contribution in [3.63, 3.8) is 0 Å². The summed E-state index contributed by atoms with van der Waals surface area (Å²) >= 11 is 3.73. The van der Waals surface area contributed by atoms with E-state index in [-0.39, 0.29) is 0 Å². The maximum Gasteiger partial charge on any atom is 0.108 e. The van der Waals surface area contributed by atoms with Crippen molar-refractivity contribution >= 4 is 15.9 Å². The minimum atomic E-state index is 0.665. The van der Waals surface area contributed by atoms with Crippen LogP contribution in [0, 0.1) is 5.92 Å². The van der Waals surface area contributed by atoms with E-state index in [0.717, 1.165) is 12.3 Å². The van der Waals surface area contributed by atoms with Crippen LogP contribution in [0.25, 0.3) is 0 Å². The summed E-state index contributed by atoms with van der Waals surface area (Å²) in [5.74, 6) is 1.97. The van der Waals surface area contributed by atoms with E-state index < -0.39 is 0 Å². The molecule has 3 heteroatoms. The monoisotopic (exact) mass is 272 g/mol. The Morgan fingerprint density at radius 2 is 2.20 bits per heavy atom. The molecule has 1 rings (SSSR count). The molecule has 0 aliphatic heterocycles. The number of hydrogen-bond acceptors (Lipinski definition) is 1. The summed E-state index contributed by atoms with van der Waals surface area (Å²) in [5.41, 5.74) is 0. The molecule has 1 heterocycles. The van der Waals surface area contributed by atoms with E-state index in [9.17, 15) is 0 Å². The Morgan fingerprint density at radius 3 is 2.73 bits per heavy atom. The molecule has 2 nitrogen and oxygen atoms in total. The maximum absolute atomic E-state index is 4.32. The number of nitrogens with zero attached hydrogens (tertiary/aromatic N) is 2. The molecular weight excluding hydrogens is 252 g/mol. The van der Waals surface area contributed by atoms with E-state index in [1.807, 2.05) is 12.4 Å². The van der Waals surface area contributed by atoms with Crippen LogP contribution in [0.4, 0.5) is 0 Å². The van der Waals surface area contributed by atoms with Crippen LogP contribution in [-0.4, -0.2) is 14.4 Å². The second-order valence-electron chi connectivity index (χ2n) is 4.57. The molecule has 0 saturated carbocycles. The number of imidazole rings is 1. The number of hydrogen-bond donors (Lipinski definition) is 0. The van der Waals surface area contributed by atoms with Crippen molar-refractivity contribution < 1.29 is 0 Å². The summed E-state index contributed by atoms with van der Waals surface area (Å²) in [4.78, 5) is 4.99. The quantitative estimate of drug-likeness (QED) is 0.725. The van der Waals surface area contributed by atoms with Crippen molar-refractivity contribution in [3.8, 4) is 0 Å². The molecule has 0 bridgehead atoms. The highest BCUT2D eigenvalue weighted by molar-refractivity contribution is 9.09. The minimum Gasteiger partial charge on any atom is -0.338 e. The zero-order chi connectivity index (χ0) is 11.3. The van der Waals surface area contributed by atoms with Gasteiger partial charge >= 0.3 is 0 Å². The third-order valence-corrected chi connectivity index (χ3v) is 3.40. The van der Waals surface area contributed by atoms with Gasteiger partial charge in [0.2, 0.25) is 0 Å². The highest BCUT2D eigenvalue weighted by Gasteiger charge is 2.07. The van der Waals surface area contributed by atoms with Gasteiger partial charge in [-0.25, -0.2) is 4.98 Å². The Kier molecular flexibility index (Phi) is 5.37. The van der Waals surface area contributed by atoms with Gasteiger partial charge in [0.1, 0.15) is 5.82 Å². The molecule has 0 radical (unpaired) electrons. The molecule has 1 aromatic rings. The summed E-state index contributed by atoms with van der Waals surface area (Å²) in [6.07, 6.45) is 8.69. The second-order valence-corrected chi connectivity index (χ2v) is 5.87. The number of aromatic nitrogens is 2. The van der Waals surface area contributed by atoms with Gasteiger partial charge in [-0.3, -0.25) is 0 Å². The summed E-state index contributed by atoms with van der Waals surface area (Å²) in [6, 6.07) is 0. The molecule has 0 spiro atoms. The summed E-state index contributed by atoms with van der Waals surface area (Å²) in [7, 11) is 2.06. The number of aryl methyl sites for hydroxylation is 2. The fourth-order valence-electron chi connectivity index (χ4n) is 1.75. The van der Waals surface area contributed by atoms with Gasteiger partial charge in [-0.05, 0) is 25.2 Å². The first-order valence-corrected chi connectivity index (χ1v) is 6.61. The third-order valence-electron chi connectivity index (χ3n) is 2.57. The fraction of sp³-hybridized carbons (Fsp3) is 0.750. The van der Waals surface area contributed by atoms with Crippen LogP contribution in [0.3, 0.4) is 0 Å². The number of halogens is 1. The standard InChI is InChI=1S/C12H21BrN2/c1-10(2)9-11(13)5-4-6-12-14-7-8-15(12)3/h7-8,10-11H,4-6,9H2,1-3H3. The van der Waals surface area contributed by atoms with Crippen LogP contribution in [0.2, 0.25) is 0 Å². The lowest BCUT2D eigenvalue weighted by atomic mass is 10.0. The molecule has 0 aliphatic carbocycles. The first kappa shape index (κ1) is 12.8. The van der Waals surface area contributed by atoms with Crippen molar-refractivity contribution in [1.29, 1.82) is 0 Å². The van der Waals surface area contributed by atoms with Crippen LogP contribution in [-0.2, 0) is 13.5 Å². The van der Waals surface area contributed by atoms with Crippen molar-refractivity contribution in [1.82, 2.24) is 9.55 Å². The maximum atomic E-state index is 4.32. The molecular formula is C12H21BrN2. The molecule has 0 fully saturated rings. The SMILES string of the molecule is CC(C)CC(Br)CCCc1nccn1C. The van der Waals surface area contributed by atoms with E-state index in [1.165, 1.54) is 25.1 Å². The van der Waals surface area contributed by atoms with Gasteiger partial charge in [-0.1, -0.05) is 29.8 Å². The van der Waals surface area contributed by atoms with Crippen molar-refractivity contribution in [2.75, 3.05) is 0 Å². The van der Waals surface area contributed by atoms with Crippen LogP contribution in [0.5, 0.6) is 0 Å². The van der Waals surface area contributed by atoms with Crippen LogP contribution < -0.4 is 0 Å². The van der Waals surface area contributed by atoms with Gasteiger partial charge in [0.05, 0.1) is 0 Å². The molecule has 1 unspecified atom stereocenters. The van der Waals surface area contributed by atoms with Crippen molar-refractivity contribution in [2.45, 2.75) is 44.4 Å². The van der Waals surface area contributed by atoms with Gasteiger partial charge in [-0.15, -0.1) is 0 Å². The van der Waals surface area contributed by atoms with Gasteiger partial charge in [0.25, 0.3) is 0 Å². The predicted molar refractivity (Wildman–Crippen MR) is 68.3 cm³/mol.